The van der Waals surface area contributed by atoms with E-state index in [0.29, 0.717) is 0 Å². The SMILES string of the molecule is Cc1ncc(CNCc2cncnc2)s1. The molecular weight excluding hydrogens is 208 g/mol. The number of thiazole rings is 1. The van der Waals surface area contributed by atoms with Crippen LogP contribution < -0.4 is 5.32 Å². The van der Waals surface area contributed by atoms with Crippen LogP contribution in [0.25, 0.3) is 0 Å². The van der Waals surface area contributed by atoms with Crippen LogP contribution in [0.2, 0.25) is 0 Å². The first-order valence-electron chi connectivity index (χ1n) is 4.70. The summed E-state index contributed by atoms with van der Waals surface area (Å²) in [7, 11) is 0. The molecule has 0 amide bonds. The van der Waals surface area contributed by atoms with Crippen molar-refractivity contribution in [3.05, 3.63) is 40.4 Å². The second-order valence-corrected chi connectivity index (χ2v) is 4.52. The van der Waals surface area contributed by atoms with Crippen molar-refractivity contribution in [3.63, 3.8) is 0 Å². The second-order valence-electron chi connectivity index (χ2n) is 3.20. The summed E-state index contributed by atoms with van der Waals surface area (Å²) >= 11 is 1.72. The Hall–Kier alpha value is -1.33. The van der Waals surface area contributed by atoms with E-state index in [1.165, 1.54) is 11.2 Å². The molecule has 4 nitrogen and oxygen atoms in total. The van der Waals surface area contributed by atoms with Gasteiger partial charge in [-0.1, -0.05) is 0 Å². The Balaban J connectivity index is 1.80. The second kappa shape index (κ2) is 4.95. The van der Waals surface area contributed by atoms with Crippen molar-refractivity contribution in [1.82, 2.24) is 20.3 Å². The van der Waals surface area contributed by atoms with Crippen LogP contribution in [0, 0.1) is 6.92 Å². The average molecular weight is 220 g/mol. The van der Waals surface area contributed by atoms with Gasteiger partial charge in [0.1, 0.15) is 6.33 Å². The third-order valence-electron chi connectivity index (χ3n) is 1.91. The highest BCUT2D eigenvalue weighted by Gasteiger charge is 1.97. The van der Waals surface area contributed by atoms with E-state index in [1.54, 1.807) is 11.3 Å². The fraction of sp³-hybridized carbons (Fsp3) is 0.300. The molecule has 0 radical (unpaired) electrons. The van der Waals surface area contributed by atoms with Gasteiger partial charge in [-0.15, -0.1) is 11.3 Å². The third-order valence-corrected chi connectivity index (χ3v) is 2.82. The molecule has 2 aromatic heterocycles. The lowest BCUT2D eigenvalue weighted by Gasteiger charge is -2.01. The maximum absolute atomic E-state index is 4.20. The van der Waals surface area contributed by atoms with Crippen molar-refractivity contribution in [2.45, 2.75) is 20.0 Å². The average Bonchev–Trinajstić information content (AvgIpc) is 2.66. The number of nitrogens with one attached hydrogen (secondary N) is 1. The molecule has 78 valence electrons. The van der Waals surface area contributed by atoms with E-state index in [-0.39, 0.29) is 0 Å². The van der Waals surface area contributed by atoms with E-state index in [4.69, 9.17) is 0 Å². The molecular formula is C10H12N4S. The van der Waals surface area contributed by atoms with Gasteiger partial charge in [0.25, 0.3) is 0 Å². The number of aryl methyl sites for hydroxylation is 1. The minimum absolute atomic E-state index is 0.789. The number of hydrogen-bond acceptors (Lipinski definition) is 5. The monoisotopic (exact) mass is 220 g/mol. The molecule has 0 unspecified atom stereocenters. The fourth-order valence-corrected chi connectivity index (χ4v) is 2.00. The van der Waals surface area contributed by atoms with E-state index in [2.05, 4.69) is 20.3 Å². The minimum atomic E-state index is 0.789. The van der Waals surface area contributed by atoms with Crippen LogP contribution in [0.5, 0.6) is 0 Å². The van der Waals surface area contributed by atoms with Crippen molar-refractivity contribution in [2.24, 2.45) is 0 Å². The van der Waals surface area contributed by atoms with Crippen molar-refractivity contribution < 1.29 is 0 Å². The van der Waals surface area contributed by atoms with Gasteiger partial charge in [0.2, 0.25) is 0 Å². The highest BCUT2D eigenvalue weighted by atomic mass is 32.1. The summed E-state index contributed by atoms with van der Waals surface area (Å²) in [5.74, 6) is 0. The minimum Gasteiger partial charge on any atom is -0.308 e. The molecule has 15 heavy (non-hydrogen) atoms. The van der Waals surface area contributed by atoms with Crippen molar-refractivity contribution in [3.8, 4) is 0 Å². The lowest BCUT2D eigenvalue weighted by Crippen LogP contribution is -2.11. The Morgan fingerprint density at radius 3 is 2.67 bits per heavy atom. The smallest absolute Gasteiger partial charge is 0.115 e. The molecule has 0 bridgehead atoms. The molecule has 2 heterocycles. The molecule has 0 aliphatic heterocycles. The molecule has 0 atom stereocenters. The Kier molecular flexibility index (Phi) is 3.37. The number of aromatic nitrogens is 3. The van der Waals surface area contributed by atoms with E-state index in [0.717, 1.165) is 23.7 Å². The molecule has 2 aromatic rings. The van der Waals surface area contributed by atoms with Crippen LogP contribution in [-0.2, 0) is 13.1 Å². The molecule has 2 rings (SSSR count). The van der Waals surface area contributed by atoms with Crippen molar-refractivity contribution in [1.29, 1.82) is 0 Å². The molecule has 0 aromatic carbocycles. The van der Waals surface area contributed by atoms with Crippen LogP contribution >= 0.6 is 11.3 Å². The number of hydrogen-bond donors (Lipinski definition) is 1. The zero-order valence-electron chi connectivity index (χ0n) is 8.47. The zero-order valence-corrected chi connectivity index (χ0v) is 9.29. The van der Waals surface area contributed by atoms with Crippen molar-refractivity contribution in [2.75, 3.05) is 0 Å². The summed E-state index contributed by atoms with van der Waals surface area (Å²) in [5.41, 5.74) is 1.10. The third kappa shape index (κ3) is 3.07. The molecule has 0 aliphatic carbocycles. The first kappa shape index (κ1) is 10.2. The van der Waals surface area contributed by atoms with Gasteiger partial charge in [-0.25, -0.2) is 15.0 Å². The summed E-state index contributed by atoms with van der Waals surface area (Å²) in [4.78, 5) is 13.4. The van der Waals surface area contributed by atoms with E-state index >= 15 is 0 Å². The molecule has 5 heteroatoms. The van der Waals surface area contributed by atoms with Gasteiger partial charge in [-0.2, -0.15) is 0 Å². The van der Waals surface area contributed by atoms with Gasteiger partial charge < -0.3 is 5.32 Å². The number of rotatable bonds is 4. The maximum Gasteiger partial charge on any atom is 0.115 e. The predicted octanol–water partition coefficient (Wildman–Crippen LogP) is 1.53. The van der Waals surface area contributed by atoms with Crippen molar-refractivity contribution >= 4 is 11.3 Å². The maximum atomic E-state index is 4.20. The molecule has 1 N–H and O–H groups in total. The summed E-state index contributed by atoms with van der Waals surface area (Å²) in [6.45, 7) is 3.65. The van der Waals surface area contributed by atoms with Gasteiger partial charge >= 0.3 is 0 Å². The lowest BCUT2D eigenvalue weighted by atomic mass is 10.3. The normalized spacial score (nSPS) is 10.5. The van der Waals surface area contributed by atoms with Gasteiger partial charge in [0.15, 0.2) is 0 Å². The fourth-order valence-electron chi connectivity index (χ4n) is 1.24. The van der Waals surface area contributed by atoms with Crippen LogP contribution in [0.1, 0.15) is 15.4 Å². The van der Waals surface area contributed by atoms with E-state index in [1.807, 2.05) is 25.5 Å². The molecule has 0 saturated heterocycles. The van der Waals surface area contributed by atoms with E-state index in [9.17, 15) is 0 Å². The topological polar surface area (TPSA) is 50.7 Å². The van der Waals surface area contributed by atoms with Gasteiger partial charge in [-0.3, -0.25) is 0 Å². The molecule has 0 fully saturated rings. The quantitative estimate of drug-likeness (QED) is 0.849. The highest BCUT2D eigenvalue weighted by Crippen LogP contribution is 2.10. The van der Waals surface area contributed by atoms with Crippen LogP contribution in [0.3, 0.4) is 0 Å². The largest absolute Gasteiger partial charge is 0.308 e. The van der Waals surface area contributed by atoms with Crippen LogP contribution in [0.4, 0.5) is 0 Å². The summed E-state index contributed by atoms with van der Waals surface area (Å²) in [5, 5.41) is 4.43. The Labute approximate surface area is 92.4 Å². The Morgan fingerprint density at radius 1 is 1.20 bits per heavy atom. The summed E-state index contributed by atoms with van der Waals surface area (Å²) in [6.07, 6.45) is 7.08. The van der Waals surface area contributed by atoms with Crippen LogP contribution in [-0.4, -0.2) is 15.0 Å². The zero-order chi connectivity index (χ0) is 10.5. The van der Waals surface area contributed by atoms with Crippen LogP contribution in [0.15, 0.2) is 24.9 Å². The first-order valence-corrected chi connectivity index (χ1v) is 5.52. The summed E-state index contributed by atoms with van der Waals surface area (Å²) < 4.78 is 0. The van der Waals surface area contributed by atoms with Gasteiger partial charge in [-0.05, 0) is 6.92 Å². The number of nitrogens with zero attached hydrogens (tertiary/aromatic N) is 3. The Bertz CT molecular complexity index is 412. The standard InChI is InChI=1S/C10H12N4S/c1-8-14-6-10(15-8)5-11-2-9-3-12-7-13-4-9/h3-4,6-7,11H,2,5H2,1H3. The molecule has 0 spiro atoms. The van der Waals surface area contributed by atoms with Gasteiger partial charge in [0.05, 0.1) is 5.01 Å². The first-order chi connectivity index (χ1) is 7.34. The highest BCUT2D eigenvalue weighted by molar-refractivity contribution is 7.11. The predicted molar refractivity (Wildman–Crippen MR) is 59.4 cm³/mol. The van der Waals surface area contributed by atoms with E-state index < -0.39 is 0 Å². The Morgan fingerprint density at radius 2 is 2.00 bits per heavy atom. The van der Waals surface area contributed by atoms with Gasteiger partial charge in [0, 0.05) is 42.1 Å². The molecule has 0 saturated carbocycles. The molecule has 0 aliphatic rings. The lowest BCUT2D eigenvalue weighted by molar-refractivity contribution is 0.695. The summed E-state index contributed by atoms with van der Waals surface area (Å²) in [6, 6.07) is 0.